The van der Waals surface area contributed by atoms with Crippen LogP contribution in [0.15, 0.2) is 21.9 Å². The number of hydrogen-bond acceptors (Lipinski definition) is 8. The molecule has 1 fully saturated rings. The Kier molecular flexibility index (Phi) is 5.93. The van der Waals surface area contributed by atoms with E-state index in [1.165, 1.54) is 20.0 Å². The van der Waals surface area contributed by atoms with Gasteiger partial charge in [-0.25, -0.2) is 4.79 Å². The molecule has 1 saturated heterocycles. The Bertz CT molecular complexity index is 814. The van der Waals surface area contributed by atoms with E-state index in [2.05, 4.69) is 10.3 Å². The molecular formula is C15H19N3O8. The average Bonchev–Trinajstić information content (AvgIpc) is 2.82. The molecule has 1 unspecified atom stereocenters. The number of ether oxygens (including phenoxy) is 3. The lowest BCUT2D eigenvalue weighted by Gasteiger charge is -2.24. The number of rotatable bonds is 5. The highest BCUT2D eigenvalue weighted by atomic mass is 16.6. The van der Waals surface area contributed by atoms with Crippen LogP contribution in [0.5, 0.6) is 0 Å². The first-order valence-corrected chi connectivity index (χ1v) is 7.73. The molecule has 1 aliphatic rings. The van der Waals surface area contributed by atoms with Crippen LogP contribution >= 0.6 is 0 Å². The molecule has 26 heavy (non-hydrogen) atoms. The summed E-state index contributed by atoms with van der Waals surface area (Å²) >= 11 is 0. The predicted octanol–water partition coefficient (Wildman–Crippen LogP) is -1.57. The molecule has 0 aromatic carbocycles. The fraction of sp³-hybridized carbons (Fsp3) is 0.533. The van der Waals surface area contributed by atoms with E-state index < -0.39 is 53.6 Å². The lowest BCUT2D eigenvalue weighted by atomic mass is 10.1. The number of hydrogen-bond donors (Lipinski definition) is 2. The van der Waals surface area contributed by atoms with Crippen molar-refractivity contribution in [3.63, 3.8) is 0 Å². The van der Waals surface area contributed by atoms with Crippen molar-refractivity contribution in [3.8, 4) is 0 Å². The molecule has 1 aromatic rings. The van der Waals surface area contributed by atoms with Gasteiger partial charge >= 0.3 is 17.6 Å². The van der Waals surface area contributed by atoms with E-state index in [0.29, 0.717) is 0 Å². The number of carbonyl (C=O) groups excluding carboxylic acids is 3. The summed E-state index contributed by atoms with van der Waals surface area (Å²) in [5.74, 6) is -1.66. The molecule has 2 rings (SSSR count). The third-order valence-corrected chi connectivity index (χ3v) is 3.60. The zero-order valence-corrected chi connectivity index (χ0v) is 14.4. The highest BCUT2D eigenvalue weighted by Gasteiger charge is 2.49. The third kappa shape index (κ3) is 4.57. The minimum absolute atomic E-state index is 0.230. The van der Waals surface area contributed by atoms with Crippen molar-refractivity contribution in [2.75, 3.05) is 6.61 Å². The first-order valence-electron chi connectivity index (χ1n) is 7.73. The van der Waals surface area contributed by atoms with Gasteiger partial charge in [-0.15, -0.1) is 0 Å². The second-order valence-corrected chi connectivity index (χ2v) is 5.69. The predicted molar refractivity (Wildman–Crippen MR) is 85.0 cm³/mol. The summed E-state index contributed by atoms with van der Waals surface area (Å²) in [4.78, 5) is 59.5. The van der Waals surface area contributed by atoms with Crippen LogP contribution in [0.2, 0.25) is 0 Å². The molecule has 1 aromatic heterocycles. The second kappa shape index (κ2) is 7.95. The van der Waals surface area contributed by atoms with E-state index in [4.69, 9.17) is 14.2 Å². The minimum Gasteiger partial charge on any atom is -0.463 e. The second-order valence-electron chi connectivity index (χ2n) is 5.69. The molecule has 0 saturated carbocycles. The van der Waals surface area contributed by atoms with E-state index in [1.54, 1.807) is 0 Å². The van der Waals surface area contributed by atoms with E-state index in [1.807, 2.05) is 0 Å². The Labute approximate surface area is 147 Å². The van der Waals surface area contributed by atoms with Crippen LogP contribution in [-0.4, -0.2) is 52.3 Å². The molecule has 11 heteroatoms. The Balaban J connectivity index is 2.41. The smallest absolute Gasteiger partial charge is 0.330 e. The number of esters is 2. The summed E-state index contributed by atoms with van der Waals surface area (Å²) in [5.41, 5.74) is -1.39. The molecule has 0 aliphatic carbocycles. The molecule has 0 radical (unpaired) electrons. The van der Waals surface area contributed by atoms with Crippen LogP contribution < -0.4 is 16.6 Å². The number of carbonyl (C=O) groups is 3. The number of H-pyrrole nitrogens is 1. The van der Waals surface area contributed by atoms with Gasteiger partial charge in [-0.2, -0.15) is 0 Å². The molecule has 2 N–H and O–H groups in total. The normalized spacial score (nSPS) is 24.7. The lowest BCUT2D eigenvalue weighted by Crippen LogP contribution is -2.50. The van der Waals surface area contributed by atoms with E-state index >= 15 is 0 Å². The van der Waals surface area contributed by atoms with Gasteiger partial charge in [-0.1, -0.05) is 0 Å². The summed E-state index contributed by atoms with van der Waals surface area (Å²) in [6.45, 7) is 3.40. The van der Waals surface area contributed by atoms with Gasteiger partial charge < -0.3 is 19.5 Å². The van der Waals surface area contributed by atoms with Crippen LogP contribution in [0.1, 0.15) is 27.0 Å². The fourth-order valence-corrected chi connectivity index (χ4v) is 2.66. The number of nitrogens with zero attached hydrogens (tertiary/aromatic N) is 1. The molecule has 1 amide bonds. The van der Waals surface area contributed by atoms with Crippen LogP contribution in [0.3, 0.4) is 0 Å². The first kappa shape index (κ1) is 19.4. The Morgan fingerprint density at radius 1 is 1.23 bits per heavy atom. The van der Waals surface area contributed by atoms with Crippen molar-refractivity contribution in [2.45, 2.75) is 45.2 Å². The fourth-order valence-electron chi connectivity index (χ4n) is 2.66. The van der Waals surface area contributed by atoms with Gasteiger partial charge in [-0.3, -0.25) is 28.7 Å². The average molecular weight is 369 g/mol. The first-order chi connectivity index (χ1) is 12.2. The van der Waals surface area contributed by atoms with Gasteiger partial charge in [0, 0.05) is 33.0 Å². The quantitative estimate of drug-likeness (QED) is 0.592. The van der Waals surface area contributed by atoms with E-state index in [9.17, 15) is 24.0 Å². The maximum absolute atomic E-state index is 12.1. The summed E-state index contributed by atoms with van der Waals surface area (Å²) in [5, 5.41) is 2.58. The zero-order chi connectivity index (χ0) is 19.4. The standard InChI is InChI=1S/C15H19N3O8/c1-7(19)16-12-10(6-24-8(2)20)26-14(13(12)25-9(3)21)18-5-4-11(22)17-15(18)23/h4-5,10,12-14H,6H2,1-3H3,(H,16,19)(H,17,22,23)/t10-,12?,13+,14-/m1/s1. The van der Waals surface area contributed by atoms with Gasteiger partial charge in [0.15, 0.2) is 12.3 Å². The van der Waals surface area contributed by atoms with Gasteiger partial charge in [0.1, 0.15) is 12.7 Å². The number of amides is 1. The van der Waals surface area contributed by atoms with Crippen molar-refractivity contribution in [2.24, 2.45) is 0 Å². The van der Waals surface area contributed by atoms with Crippen LogP contribution in [0, 0.1) is 0 Å². The SMILES string of the molecule is CC(=O)NC1[C@@H](COC(C)=O)O[C@@H](n2ccc(=O)[nH]c2=O)[C@H]1OC(C)=O. The Morgan fingerprint density at radius 2 is 1.92 bits per heavy atom. The van der Waals surface area contributed by atoms with Gasteiger partial charge in [0.25, 0.3) is 5.56 Å². The minimum atomic E-state index is -1.14. The summed E-state index contributed by atoms with van der Waals surface area (Å²) in [6.07, 6.45) is -1.92. The maximum atomic E-state index is 12.1. The number of nitrogens with one attached hydrogen (secondary N) is 2. The highest BCUT2D eigenvalue weighted by Crippen LogP contribution is 2.31. The van der Waals surface area contributed by atoms with Crippen LogP contribution in [0.25, 0.3) is 0 Å². The Morgan fingerprint density at radius 3 is 2.46 bits per heavy atom. The molecule has 0 spiro atoms. The number of aromatic nitrogens is 2. The molecule has 4 atom stereocenters. The van der Waals surface area contributed by atoms with Crippen molar-refractivity contribution in [1.29, 1.82) is 0 Å². The van der Waals surface area contributed by atoms with E-state index in [-0.39, 0.29) is 6.61 Å². The summed E-state index contributed by atoms with van der Waals surface area (Å²) < 4.78 is 16.9. The largest absolute Gasteiger partial charge is 0.463 e. The topological polar surface area (TPSA) is 146 Å². The van der Waals surface area contributed by atoms with Gasteiger partial charge in [0.2, 0.25) is 5.91 Å². The Hall–Kier alpha value is -2.95. The summed E-state index contributed by atoms with van der Waals surface area (Å²) in [6, 6.07) is 0.224. The van der Waals surface area contributed by atoms with Crippen molar-refractivity contribution in [3.05, 3.63) is 33.1 Å². The van der Waals surface area contributed by atoms with Gasteiger partial charge in [0.05, 0.1) is 6.04 Å². The van der Waals surface area contributed by atoms with E-state index in [0.717, 1.165) is 17.6 Å². The van der Waals surface area contributed by atoms with Gasteiger partial charge in [-0.05, 0) is 0 Å². The monoisotopic (exact) mass is 369 g/mol. The van der Waals surface area contributed by atoms with Crippen molar-refractivity contribution in [1.82, 2.24) is 14.9 Å². The van der Waals surface area contributed by atoms with Crippen LogP contribution in [0.4, 0.5) is 0 Å². The third-order valence-electron chi connectivity index (χ3n) is 3.60. The van der Waals surface area contributed by atoms with Crippen molar-refractivity contribution < 1.29 is 28.6 Å². The molecule has 11 nitrogen and oxygen atoms in total. The molecule has 2 heterocycles. The van der Waals surface area contributed by atoms with Crippen molar-refractivity contribution >= 4 is 17.8 Å². The zero-order valence-electron chi connectivity index (χ0n) is 14.4. The summed E-state index contributed by atoms with van der Waals surface area (Å²) in [7, 11) is 0. The number of aromatic amines is 1. The lowest BCUT2D eigenvalue weighted by molar-refractivity contribution is -0.154. The van der Waals surface area contributed by atoms with Crippen LogP contribution in [-0.2, 0) is 28.6 Å². The molecule has 142 valence electrons. The highest BCUT2D eigenvalue weighted by molar-refractivity contribution is 5.73. The molecular weight excluding hydrogens is 350 g/mol. The molecule has 1 aliphatic heterocycles. The molecule has 0 bridgehead atoms. The maximum Gasteiger partial charge on any atom is 0.330 e.